The molecule has 0 fully saturated rings. The number of halogens is 2. The van der Waals surface area contributed by atoms with Gasteiger partial charge in [0.15, 0.2) is 11.2 Å². The lowest BCUT2D eigenvalue weighted by Crippen LogP contribution is -2.34. The van der Waals surface area contributed by atoms with Gasteiger partial charge in [0.1, 0.15) is 23.1 Å². The first-order chi connectivity index (χ1) is 25.5. The fourth-order valence-electron chi connectivity index (χ4n) is 7.27. The van der Waals surface area contributed by atoms with Crippen molar-refractivity contribution < 1.29 is 18.3 Å². The molecule has 4 aromatic carbocycles. The maximum Gasteiger partial charge on any atom is 0.190 e. The molecular weight excluding hydrogens is 727 g/mol. The number of rotatable bonds is 6. The predicted molar refractivity (Wildman–Crippen MR) is 213 cm³/mol. The highest BCUT2D eigenvalue weighted by atomic mass is 32.1. The van der Waals surface area contributed by atoms with Crippen LogP contribution in [-0.4, -0.2) is 0 Å². The van der Waals surface area contributed by atoms with Gasteiger partial charge in [-0.2, -0.15) is 0 Å². The monoisotopic (exact) mass is 752 g/mol. The Balaban J connectivity index is 1.08. The standard InChI is InChI=1S/C44H26F2O2S4/c45-33-9-3-1-7-31(33)43(41-19-17-39(51-41)37-11-5-25-49-37)23-21-29-27-14-16-36-30(28(27)13-15-35(29)47-43)22-24-44(48-36,32-8-2-4-10-34(32)46)42-20-18-40(52-42)38-12-6-26-50-38/h1-26H. The van der Waals surface area contributed by atoms with Crippen molar-refractivity contribution in [3.05, 3.63) is 188 Å². The maximum atomic E-state index is 15.7. The Morgan fingerprint density at radius 1 is 0.442 bits per heavy atom. The minimum atomic E-state index is -1.15. The number of thiophene rings is 4. The van der Waals surface area contributed by atoms with E-state index < -0.39 is 11.2 Å². The molecule has 2 nitrogen and oxygen atoms in total. The summed E-state index contributed by atoms with van der Waals surface area (Å²) in [4.78, 5) is 6.32. The molecule has 8 heteroatoms. The second-order valence-electron chi connectivity index (χ2n) is 12.6. The van der Waals surface area contributed by atoms with Crippen LogP contribution in [0.4, 0.5) is 8.78 Å². The summed E-state index contributed by atoms with van der Waals surface area (Å²) >= 11 is 6.58. The van der Waals surface area contributed by atoms with Gasteiger partial charge in [0.25, 0.3) is 0 Å². The van der Waals surface area contributed by atoms with Crippen molar-refractivity contribution in [2.24, 2.45) is 0 Å². The SMILES string of the molecule is Fc1ccccc1C1(c2ccc(-c3cccs3)s2)C=Cc2c(ccc3c4c(ccc23)OC(c2ccc(-c3cccs3)s2)(c2ccccc2F)C=C4)O1. The molecule has 0 bridgehead atoms. The number of hydrogen-bond acceptors (Lipinski definition) is 6. The van der Waals surface area contributed by atoms with E-state index in [0.717, 1.165) is 51.2 Å². The average Bonchev–Trinajstić information content (AvgIpc) is 4.02. The molecule has 10 rings (SSSR count). The van der Waals surface area contributed by atoms with Gasteiger partial charge >= 0.3 is 0 Å². The highest BCUT2D eigenvalue weighted by molar-refractivity contribution is 7.22. The van der Waals surface area contributed by atoms with Gasteiger partial charge in [0.2, 0.25) is 0 Å². The summed E-state index contributed by atoms with van der Waals surface area (Å²) in [5.74, 6) is 0.659. The Morgan fingerprint density at radius 3 is 1.33 bits per heavy atom. The first-order valence-corrected chi connectivity index (χ1v) is 20.1. The van der Waals surface area contributed by atoms with E-state index in [1.165, 1.54) is 12.1 Å². The van der Waals surface area contributed by atoms with Crippen molar-refractivity contribution >= 4 is 68.3 Å². The zero-order valence-corrected chi connectivity index (χ0v) is 30.5. The minimum absolute atomic E-state index is 0.328. The summed E-state index contributed by atoms with van der Waals surface area (Å²) in [7, 11) is 0. The van der Waals surface area contributed by atoms with E-state index in [0.29, 0.717) is 22.6 Å². The molecule has 0 aliphatic carbocycles. The predicted octanol–water partition coefficient (Wildman–Crippen LogP) is 13.4. The normalized spacial score (nSPS) is 18.9. The molecule has 2 unspecified atom stereocenters. The van der Waals surface area contributed by atoms with Gasteiger partial charge in [-0.25, -0.2) is 8.78 Å². The van der Waals surface area contributed by atoms with Gasteiger partial charge in [-0.05, 0) is 119 Å². The molecule has 0 saturated carbocycles. The lowest BCUT2D eigenvalue weighted by atomic mass is 9.85. The Kier molecular flexibility index (Phi) is 7.44. The van der Waals surface area contributed by atoms with Gasteiger partial charge in [0.05, 0.1) is 9.75 Å². The highest BCUT2D eigenvalue weighted by Crippen LogP contribution is 2.51. The van der Waals surface area contributed by atoms with Gasteiger partial charge in [-0.15, -0.1) is 45.3 Å². The maximum absolute atomic E-state index is 15.7. The van der Waals surface area contributed by atoms with Crippen molar-refractivity contribution in [3.8, 4) is 31.0 Å². The largest absolute Gasteiger partial charge is 0.472 e. The summed E-state index contributed by atoms with van der Waals surface area (Å²) in [6.45, 7) is 0. The Bertz CT molecular complexity index is 2500. The topological polar surface area (TPSA) is 18.5 Å². The quantitative estimate of drug-likeness (QED) is 0.168. The molecule has 252 valence electrons. The molecule has 0 N–H and O–H groups in total. The van der Waals surface area contributed by atoms with E-state index >= 15 is 8.78 Å². The van der Waals surface area contributed by atoms with E-state index in [9.17, 15) is 0 Å². The Morgan fingerprint density at radius 2 is 0.904 bits per heavy atom. The minimum Gasteiger partial charge on any atom is -0.472 e. The van der Waals surface area contributed by atoms with Crippen LogP contribution in [0, 0.1) is 11.6 Å². The zero-order valence-electron chi connectivity index (χ0n) is 27.2. The fraction of sp³-hybridized carbons (Fsp3) is 0.0455. The summed E-state index contributed by atoms with van der Waals surface area (Å²) in [6, 6.07) is 38.2. The van der Waals surface area contributed by atoms with Crippen LogP contribution >= 0.6 is 45.3 Å². The number of benzene rings is 4. The van der Waals surface area contributed by atoms with Crippen molar-refractivity contribution in [2.75, 3.05) is 0 Å². The lowest BCUT2D eigenvalue weighted by Gasteiger charge is -2.36. The van der Waals surface area contributed by atoms with Crippen molar-refractivity contribution in [2.45, 2.75) is 11.2 Å². The van der Waals surface area contributed by atoms with Crippen LogP contribution in [0.1, 0.15) is 32.0 Å². The van der Waals surface area contributed by atoms with E-state index in [2.05, 4.69) is 47.2 Å². The Hall–Kier alpha value is -5.12. The van der Waals surface area contributed by atoms with Gasteiger partial charge < -0.3 is 9.47 Å². The number of hydrogen-bond donors (Lipinski definition) is 0. The van der Waals surface area contributed by atoms with Crippen LogP contribution in [-0.2, 0) is 11.2 Å². The molecule has 6 heterocycles. The second-order valence-corrected chi connectivity index (χ2v) is 16.7. The molecule has 8 aromatic rings. The van der Waals surface area contributed by atoms with Gasteiger partial charge in [-0.1, -0.05) is 48.5 Å². The number of fused-ring (bicyclic) bond motifs is 5. The smallest absolute Gasteiger partial charge is 0.190 e. The third kappa shape index (κ3) is 4.89. The lowest BCUT2D eigenvalue weighted by molar-refractivity contribution is 0.159. The van der Waals surface area contributed by atoms with E-state index in [1.54, 1.807) is 69.6 Å². The number of ether oxygens (including phenoxy) is 2. The van der Waals surface area contributed by atoms with Crippen LogP contribution < -0.4 is 9.47 Å². The Labute approximate surface area is 314 Å². The average molecular weight is 753 g/mol. The van der Waals surface area contributed by atoms with Crippen LogP contribution in [0.25, 0.3) is 42.4 Å². The van der Waals surface area contributed by atoms with Gasteiger partial charge in [0, 0.05) is 41.8 Å². The van der Waals surface area contributed by atoms with Crippen molar-refractivity contribution in [1.29, 1.82) is 0 Å². The first kappa shape index (κ1) is 31.6. The van der Waals surface area contributed by atoms with Gasteiger partial charge in [-0.3, -0.25) is 0 Å². The fourth-order valence-corrected chi connectivity index (χ4v) is 11.2. The van der Waals surface area contributed by atoms with Crippen molar-refractivity contribution in [3.63, 3.8) is 0 Å². The third-order valence-electron chi connectivity index (χ3n) is 9.74. The van der Waals surface area contributed by atoms with Crippen molar-refractivity contribution in [1.82, 2.24) is 0 Å². The van der Waals surface area contributed by atoms with E-state index in [4.69, 9.17) is 9.47 Å². The first-order valence-electron chi connectivity index (χ1n) is 16.7. The molecule has 4 aromatic heterocycles. The summed E-state index contributed by atoms with van der Waals surface area (Å²) in [6.07, 6.45) is 8.07. The van der Waals surface area contributed by atoms with Crippen LogP contribution in [0.15, 0.2) is 144 Å². The molecule has 2 aliphatic rings. The summed E-state index contributed by atoms with van der Waals surface area (Å²) in [5, 5.41) is 6.07. The third-order valence-corrected chi connectivity index (χ3v) is 14.3. The second kappa shape index (κ2) is 12.2. The van der Waals surface area contributed by atoms with Crippen LogP contribution in [0.2, 0.25) is 0 Å². The molecule has 0 radical (unpaired) electrons. The molecule has 0 saturated heterocycles. The molecule has 0 spiro atoms. The molecule has 0 amide bonds. The summed E-state index contributed by atoms with van der Waals surface area (Å²) in [5.41, 5.74) is 0.426. The zero-order chi connectivity index (χ0) is 34.9. The molecule has 2 aliphatic heterocycles. The molecule has 2 atom stereocenters. The molecule has 52 heavy (non-hydrogen) atoms. The van der Waals surface area contributed by atoms with E-state index in [-0.39, 0.29) is 11.6 Å². The van der Waals surface area contributed by atoms with E-state index in [1.807, 2.05) is 72.8 Å². The summed E-state index contributed by atoms with van der Waals surface area (Å²) < 4.78 is 45.2. The van der Waals surface area contributed by atoms with Crippen LogP contribution in [0.3, 0.4) is 0 Å². The highest BCUT2D eigenvalue weighted by Gasteiger charge is 2.43. The van der Waals surface area contributed by atoms with Crippen LogP contribution in [0.5, 0.6) is 11.5 Å². The molecular formula is C44H26F2O2S4.